The number of likely N-dealkylation sites (tertiary alicyclic amines) is 1. The Bertz CT molecular complexity index is 1430. The predicted molar refractivity (Wildman–Crippen MR) is 133 cm³/mol. The quantitative estimate of drug-likeness (QED) is 0.462. The lowest BCUT2D eigenvalue weighted by atomic mass is 10.0. The lowest BCUT2D eigenvalue weighted by Crippen LogP contribution is -2.40. The number of nitrogens with one attached hydrogen (secondary N) is 1. The van der Waals surface area contributed by atoms with E-state index in [4.69, 9.17) is 4.52 Å². The molecule has 0 unspecified atom stereocenters. The molecule has 1 N–H and O–H groups in total. The van der Waals surface area contributed by atoms with Gasteiger partial charge in [0.2, 0.25) is 11.7 Å². The van der Waals surface area contributed by atoms with Crippen molar-refractivity contribution >= 4 is 28.7 Å². The van der Waals surface area contributed by atoms with Crippen molar-refractivity contribution in [2.24, 2.45) is 18.9 Å². The first kappa shape index (κ1) is 22.3. The van der Waals surface area contributed by atoms with Gasteiger partial charge in [0, 0.05) is 61.6 Å². The molecular weight excluding hydrogens is 458 g/mol. The van der Waals surface area contributed by atoms with Crippen LogP contribution in [0.4, 0.5) is 6.01 Å². The van der Waals surface area contributed by atoms with Gasteiger partial charge in [-0.1, -0.05) is 35.5 Å². The number of anilines is 1. The Hall–Kier alpha value is -4.21. The average molecular weight is 486 g/mol. The summed E-state index contributed by atoms with van der Waals surface area (Å²) in [6.07, 6.45) is 0. The summed E-state index contributed by atoms with van der Waals surface area (Å²) in [5.74, 6) is 0.931. The molecule has 2 aliphatic heterocycles. The molecule has 10 heteroatoms. The molecule has 0 saturated carbocycles. The van der Waals surface area contributed by atoms with Gasteiger partial charge in [-0.25, -0.2) is 0 Å². The zero-order valence-electron chi connectivity index (χ0n) is 20.2. The Kier molecular flexibility index (Phi) is 5.43. The van der Waals surface area contributed by atoms with Crippen molar-refractivity contribution in [2.75, 3.05) is 37.6 Å². The maximum absolute atomic E-state index is 12.7. The van der Waals surface area contributed by atoms with Gasteiger partial charge < -0.3 is 19.6 Å². The Morgan fingerprint density at radius 1 is 1.06 bits per heavy atom. The van der Waals surface area contributed by atoms with E-state index in [2.05, 4.69) is 25.5 Å². The second kappa shape index (κ2) is 8.78. The third-order valence-electron chi connectivity index (χ3n) is 7.26. The van der Waals surface area contributed by atoms with Crippen LogP contribution in [0.3, 0.4) is 0 Å². The number of rotatable bonds is 5. The highest BCUT2D eigenvalue weighted by Crippen LogP contribution is 2.34. The number of carbonyl (C=O) groups is 2. The largest absolute Gasteiger partial charge is 0.343 e. The molecule has 2 aromatic heterocycles. The van der Waals surface area contributed by atoms with E-state index in [1.54, 1.807) is 24.3 Å². The normalized spacial score (nSPS) is 19.2. The van der Waals surface area contributed by atoms with E-state index in [9.17, 15) is 9.59 Å². The number of fused-ring (bicyclic) bond motifs is 2. The fourth-order valence-electron chi connectivity index (χ4n) is 5.35. The van der Waals surface area contributed by atoms with Crippen LogP contribution in [0.5, 0.6) is 0 Å². The van der Waals surface area contributed by atoms with Crippen molar-refractivity contribution in [1.82, 2.24) is 30.1 Å². The SMILES string of the molecule is Cc1nn(C)c2cc(-c3noc(N4C[C@H]5CN(C(=O)CNC(=O)c6ccccc6)C[C@H]5C4)n3)ccc12. The maximum atomic E-state index is 12.7. The monoisotopic (exact) mass is 485 g/mol. The van der Waals surface area contributed by atoms with Crippen molar-refractivity contribution in [1.29, 1.82) is 0 Å². The third-order valence-corrected chi connectivity index (χ3v) is 7.26. The molecule has 2 atom stereocenters. The zero-order chi connectivity index (χ0) is 24.8. The number of aromatic nitrogens is 4. The van der Waals surface area contributed by atoms with Crippen LogP contribution in [0.25, 0.3) is 22.3 Å². The minimum atomic E-state index is -0.237. The van der Waals surface area contributed by atoms with Crippen LogP contribution in [0.1, 0.15) is 16.1 Å². The first-order chi connectivity index (χ1) is 17.5. The van der Waals surface area contributed by atoms with E-state index in [0.717, 1.165) is 35.2 Å². The van der Waals surface area contributed by atoms with E-state index >= 15 is 0 Å². The van der Waals surface area contributed by atoms with Gasteiger partial charge in [0.25, 0.3) is 5.91 Å². The summed E-state index contributed by atoms with van der Waals surface area (Å²) in [7, 11) is 1.93. The topological polar surface area (TPSA) is 109 Å². The van der Waals surface area contributed by atoms with Gasteiger partial charge in [0.05, 0.1) is 17.8 Å². The lowest BCUT2D eigenvalue weighted by Gasteiger charge is -2.20. The molecule has 0 aliphatic carbocycles. The highest BCUT2D eigenvalue weighted by molar-refractivity contribution is 5.96. The highest BCUT2D eigenvalue weighted by atomic mass is 16.5. The van der Waals surface area contributed by atoms with Crippen LogP contribution in [-0.2, 0) is 11.8 Å². The molecule has 10 nitrogen and oxygen atoms in total. The third kappa shape index (κ3) is 3.98. The van der Waals surface area contributed by atoms with Gasteiger partial charge in [-0.15, -0.1) is 0 Å². The van der Waals surface area contributed by atoms with Crippen molar-refractivity contribution in [2.45, 2.75) is 6.92 Å². The smallest absolute Gasteiger partial charge is 0.324 e. The van der Waals surface area contributed by atoms with Crippen LogP contribution >= 0.6 is 0 Å². The lowest BCUT2D eigenvalue weighted by molar-refractivity contribution is -0.129. The first-order valence-corrected chi connectivity index (χ1v) is 12.1. The Labute approximate surface area is 207 Å². The molecule has 2 aliphatic rings. The fraction of sp³-hybridized carbons (Fsp3) is 0.346. The summed E-state index contributed by atoms with van der Waals surface area (Å²) in [6, 6.07) is 15.5. The predicted octanol–water partition coefficient (Wildman–Crippen LogP) is 2.26. The van der Waals surface area contributed by atoms with Gasteiger partial charge in [-0.3, -0.25) is 14.3 Å². The minimum absolute atomic E-state index is 0.00440. The number of hydrogen-bond acceptors (Lipinski definition) is 7. The Morgan fingerprint density at radius 3 is 2.56 bits per heavy atom. The van der Waals surface area contributed by atoms with Gasteiger partial charge >= 0.3 is 6.01 Å². The van der Waals surface area contributed by atoms with Crippen molar-refractivity contribution in [3.8, 4) is 11.4 Å². The summed E-state index contributed by atoms with van der Waals surface area (Å²) < 4.78 is 7.47. The molecule has 2 saturated heterocycles. The fourth-order valence-corrected chi connectivity index (χ4v) is 5.35. The van der Waals surface area contributed by atoms with Gasteiger partial charge in [0.1, 0.15) is 0 Å². The number of nitrogens with zero attached hydrogens (tertiary/aromatic N) is 6. The maximum Gasteiger partial charge on any atom is 0.324 e. The summed E-state index contributed by atoms with van der Waals surface area (Å²) in [6.45, 7) is 4.84. The average Bonchev–Trinajstić information content (AvgIpc) is 3.66. The summed E-state index contributed by atoms with van der Waals surface area (Å²) in [5, 5.41) is 12.5. The number of amides is 2. The first-order valence-electron chi connectivity index (χ1n) is 12.1. The second-order valence-electron chi connectivity index (χ2n) is 9.61. The molecular formula is C26H27N7O3. The van der Waals surface area contributed by atoms with Gasteiger partial charge in [-0.2, -0.15) is 10.1 Å². The molecule has 2 fully saturated rings. The number of carbonyl (C=O) groups excluding carboxylic acids is 2. The minimum Gasteiger partial charge on any atom is -0.343 e. The molecule has 184 valence electrons. The van der Waals surface area contributed by atoms with Crippen LogP contribution in [0, 0.1) is 18.8 Å². The molecule has 0 spiro atoms. The van der Waals surface area contributed by atoms with E-state index in [1.807, 2.05) is 47.8 Å². The summed E-state index contributed by atoms with van der Waals surface area (Å²) >= 11 is 0. The van der Waals surface area contributed by atoms with E-state index in [-0.39, 0.29) is 18.4 Å². The molecule has 4 aromatic rings. The molecule has 6 rings (SSSR count). The summed E-state index contributed by atoms with van der Waals surface area (Å²) in [5.41, 5.74) is 3.45. The zero-order valence-corrected chi connectivity index (χ0v) is 20.2. The molecule has 4 heterocycles. The van der Waals surface area contributed by atoms with Crippen molar-refractivity contribution < 1.29 is 14.1 Å². The number of aryl methyl sites for hydroxylation is 2. The van der Waals surface area contributed by atoms with Crippen molar-refractivity contribution in [3.63, 3.8) is 0 Å². The van der Waals surface area contributed by atoms with E-state index < -0.39 is 0 Å². The second-order valence-corrected chi connectivity index (χ2v) is 9.61. The van der Waals surface area contributed by atoms with Crippen molar-refractivity contribution in [3.05, 3.63) is 59.8 Å². The molecule has 0 radical (unpaired) electrons. The number of hydrogen-bond donors (Lipinski definition) is 1. The summed E-state index contributed by atoms with van der Waals surface area (Å²) in [4.78, 5) is 33.5. The Morgan fingerprint density at radius 2 is 1.81 bits per heavy atom. The molecule has 2 aromatic carbocycles. The van der Waals surface area contributed by atoms with Gasteiger partial charge in [-0.05, 0) is 25.1 Å². The number of benzene rings is 2. The van der Waals surface area contributed by atoms with Gasteiger partial charge in [0.15, 0.2) is 0 Å². The molecule has 2 amide bonds. The van der Waals surface area contributed by atoms with E-state index in [1.165, 1.54) is 0 Å². The molecule has 36 heavy (non-hydrogen) atoms. The molecule has 0 bridgehead atoms. The van der Waals surface area contributed by atoms with E-state index in [0.29, 0.717) is 42.3 Å². The van der Waals surface area contributed by atoms with Crippen LogP contribution in [0.2, 0.25) is 0 Å². The van der Waals surface area contributed by atoms with Crippen LogP contribution in [0.15, 0.2) is 53.1 Å². The van der Waals surface area contributed by atoms with Crippen LogP contribution in [-0.4, -0.2) is 69.4 Å². The van der Waals surface area contributed by atoms with Crippen LogP contribution < -0.4 is 10.2 Å². The highest BCUT2D eigenvalue weighted by Gasteiger charge is 2.43. The Balaban J connectivity index is 1.06. The standard InChI is InChI=1S/C26H27N7O3/c1-16-21-9-8-18(10-22(21)31(2)29-16)24-28-26(36-30-24)33-14-19-12-32(13-20(19)15-33)23(34)11-27-25(35)17-6-4-3-5-7-17/h3-10,19-20H,11-15H2,1-2H3,(H,27,35)/t19-,20+.